The van der Waals surface area contributed by atoms with E-state index >= 15 is 0 Å². The summed E-state index contributed by atoms with van der Waals surface area (Å²) in [4.78, 5) is 35.7. The number of non-ortho nitro benzene ring substituents is 1. The van der Waals surface area contributed by atoms with E-state index in [-0.39, 0.29) is 11.3 Å². The molecular formula is C19H14N4O4S. The zero-order valence-corrected chi connectivity index (χ0v) is 15.2. The zero-order valence-electron chi connectivity index (χ0n) is 14.4. The Morgan fingerprint density at radius 3 is 2.46 bits per heavy atom. The van der Waals surface area contributed by atoms with Crippen molar-refractivity contribution in [3.63, 3.8) is 0 Å². The summed E-state index contributed by atoms with van der Waals surface area (Å²) in [5.74, 6) is -0.948. The number of rotatable bonds is 6. The van der Waals surface area contributed by atoms with Crippen LogP contribution in [0.1, 0.15) is 25.6 Å². The number of benzene rings is 2. The van der Waals surface area contributed by atoms with Crippen LogP contribution in [-0.2, 0) is 0 Å². The van der Waals surface area contributed by atoms with Crippen LogP contribution in [0.2, 0.25) is 0 Å². The molecule has 0 spiro atoms. The number of hydrazone groups is 1. The predicted molar refractivity (Wildman–Crippen MR) is 107 cm³/mol. The molecule has 0 saturated heterocycles. The van der Waals surface area contributed by atoms with Gasteiger partial charge in [0, 0.05) is 33.8 Å². The molecule has 140 valence electrons. The van der Waals surface area contributed by atoms with E-state index in [0.717, 1.165) is 4.88 Å². The van der Waals surface area contributed by atoms with Gasteiger partial charge < -0.3 is 5.32 Å². The van der Waals surface area contributed by atoms with Gasteiger partial charge in [-0.25, -0.2) is 5.43 Å². The second-order valence-corrected chi connectivity index (χ2v) is 6.54. The van der Waals surface area contributed by atoms with E-state index in [0.29, 0.717) is 11.3 Å². The Labute approximate surface area is 163 Å². The largest absolute Gasteiger partial charge is 0.322 e. The number of nitrogens with one attached hydrogen (secondary N) is 2. The maximum absolute atomic E-state index is 12.3. The van der Waals surface area contributed by atoms with Crippen molar-refractivity contribution in [3.8, 4) is 0 Å². The van der Waals surface area contributed by atoms with Crippen molar-refractivity contribution >= 4 is 40.7 Å². The van der Waals surface area contributed by atoms with Crippen LogP contribution in [-0.4, -0.2) is 23.0 Å². The molecular weight excluding hydrogens is 380 g/mol. The number of carbonyl (C=O) groups excluding carboxylic acids is 2. The lowest BCUT2D eigenvalue weighted by Crippen LogP contribution is -2.18. The summed E-state index contributed by atoms with van der Waals surface area (Å²) in [6.07, 6.45) is 1.54. The minimum Gasteiger partial charge on any atom is -0.322 e. The molecule has 0 fully saturated rings. The molecule has 3 rings (SSSR count). The van der Waals surface area contributed by atoms with Gasteiger partial charge in [0.25, 0.3) is 17.5 Å². The molecule has 0 aliphatic rings. The fourth-order valence-corrected chi connectivity index (χ4v) is 2.87. The summed E-state index contributed by atoms with van der Waals surface area (Å²) < 4.78 is 0. The minimum absolute atomic E-state index is 0.143. The molecule has 0 unspecified atom stereocenters. The van der Waals surface area contributed by atoms with Crippen LogP contribution in [0.25, 0.3) is 0 Å². The average Bonchev–Trinajstić information content (AvgIpc) is 3.21. The minimum atomic E-state index is -0.571. The number of hydrogen-bond acceptors (Lipinski definition) is 6. The van der Waals surface area contributed by atoms with Gasteiger partial charge in [0.05, 0.1) is 11.1 Å². The SMILES string of the molecule is O=C(N/N=C/c1cccs1)c1cccc(NC(=O)c2cccc([N+](=O)[O-])c2)c1. The zero-order chi connectivity index (χ0) is 19.9. The molecule has 28 heavy (non-hydrogen) atoms. The Hall–Kier alpha value is -3.85. The fraction of sp³-hybridized carbons (Fsp3) is 0. The van der Waals surface area contributed by atoms with E-state index in [1.165, 1.54) is 47.9 Å². The molecule has 0 bridgehead atoms. The molecule has 0 saturated carbocycles. The number of thiophene rings is 1. The van der Waals surface area contributed by atoms with Crippen LogP contribution in [0.3, 0.4) is 0 Å². The Bertz CT molecular complexity index is 1050. The van der Waals surface area contributed by atoms with Crippen LogP contribution in [0.5, 0.6) is 0 Å². The Morgan fingerprint density at radius 1 is 1.00 bits per heavy atom. The van der Waals surface area contributed by atoms with Crippen molar-refractivity contribution in [2.75, 3.05) is 5.32 Å². The third-order valence-corrected chi connectivity index (χ3v) is 4.41. The number of nitrogens with zero attached hydrogens (tertiary/aromatic N) is 2. The van der Waals surface area contributed by atoms with Gasteiger partial charge in [-0.3, -0.25) is 19.7 Å². The second kappa shape index (κ2) is 8.69. The standard InChI is InChI=1S/C19H14N4O4S/c24-18(14-5-2-7-16(11-14)23(26)27)21-15-6-1-4-13(10-15)19(25)22-20-12-17-8-3-9-28-17/h1-12H,(H,21,24)(H,22,25)/b20-12+. The normalized spacial score (nSPS) is 10.6. The Balaban J connectivity index is 1.67. The highest BCUT2D eigenvalue weighted by atomic mass is 32.1. The molecule has 2 amide bonds. The van der Waals surface area contributed by atoms with Crippen LogP contribution in [0, 0.1) is 10.1 Å². The number of anilines is 1. The van der Waals surface area contributed by atoms with Gasteiger partial charge in [-0.2, -0.15) is 5.10 Å². The average molecular weight is 394 g/mol. The van der Waals surface area contributed by atoms with Gasteiger partial charge in [-0.15, -0.1) is 11.3 Å². The van der Waals surface area contributed by atoms with E-state index in [1.54, 1.807) is 18.2 Å². The molecule has 1 heterocycles. The predicted octanol–water partition coefficient (Wildman–Crippen LogP) is 3.67. The lowest BCUT2D eigenvalue weighted by molar-refractivity contribution is -0.384. The third kappa shape index (κ3) is 4.86. The summed E-state index contributed by atoms with van der Waals surface area (Å²) in [6.45, 7) is 0. The van der Waals surface area contributed by atoms with Crippen LogP contribution >= 0.6 is 11.3 Å². The highest BCUT2D eigenvalue weighted by Gasteiger charge is 2.12. The van der Waals surface area contributed by atoms with Gasteiger partial charge in [0.2, 0.25) is 0 Å². The van der Waals surface area contributed by atoms with Crippen LogP contribution in [0.4, 0.5) is 11.4 Å². The number of carbonyl (C=O) groups is 2. The quantitative estimate of drug-likeness (QED) is 0.377. The molecule has 3 aromatic rings. The van der Waals surface area contributed by atoms with Gasteiger partial charge in [-0.05, 0) is 35.7 Å². The lowest BCUT2D eigenvalue weighted by atomic mass is 10.1. The molecule has 2 N–H and O–H groups in total. The second-order valence-electron chi connectivity index (χ2n) is 5.56. The lowest BCUT2D eigenvalue weighted by Gasteiger charge is -2.07. The van der Waals surface area contributed by atoms with Gasteiger partial charge in [0.1, 0.15) is 0 Å². The summed E-state index contributed by atoms with van der Waals surface area (Å²) in [5.41, 5.74) is 3.07. The first-order chi connectivity index (χ1) is 13.5. The number of nitro benzene ring substituents is 1. The molecule has 9 heteroatoms. The van der Waals surface area contributed by atoms with Crippen LogP contribution < -0.4 is 10.7 Å². The van der Waals surface area contributed by atoms with E-state index in [1.807, 2.05) is 17.5 Å². The highest BCUT2D eigenvalue weighted by molar-refractivity contribution is 7.11. The molecule has 0 radical (unpaired) electrons. The maximum atomic E-state index is 12.3. The van der Waals surface area contributed by atoms with Gasteiger partial charge >= 0.3 is 0 Å². The summed E-state index contributed by atoms with van der Waals surface area (Å²) in [5, 5.41) is 19.2. The number of hydrogen-bond donors (Lipinski definition) is 2. The molecule has 0 aliphatic heterocycles. The van der Waals surface area contributed by atoms with Gasteiger partial charge in [-0.1, -0.05) is 18.2 Å². The monoisotopic (exact) mass is 394 g/mol. The number of nitro groups is 1. The summed E-state index contributed by atoms with van der Waals surface area (Å²) in [6, 6.07) is 15.4. The smallest absolute Gasteiger partial charge is 0.271 e. The van der Waals surface area contributed by atoms with Gasteiger partial charge in [0.15, 0.2) is 0 Å². The first-order valence-corrected chi connectivity index (χ1v) is 8.94. The van der Waals surface area contributed by atoms with Crippen molar-refractivity contribution in [2.24, 2.45) is 5.10 Å². The first-order valence-electron chi connectivity index (χ1n) is 8.06. The Kier molecular flexibility index (Phi) is 5.87. The summed E-state index contributed by atoms with van der Waals surface area (Å²) >= 11 is 1.49. The van der Waals surface area contributed by atoms with Crippen molar-refractivity contribution in [1.82, 2.24) is 5.43 Å². The molecule has 0 atom stereocenters. The third-order valence-electron chi connectivity index (χ3n) is 3.60. The number of amides is 2. The van der Waals surface area contributed by atoms with E-state index in [4.69, 9.17) is 0 Å². The highest BCUT2D eigenvalue weighted by Crippen LogP contribution is 2.16. The van der Waals surface area contributed by atoms with Crippen molar-refractivity contribution in [1.29, 1.82) is 0 Å². The van der Waals surface area contributed by atoms with Crippen LogP contribution in [0.15, 0.2) is 71.1 Å². The van der Waals surface area contributed by atoms with Crippen molar-refractivity contribution < 1.29 is 14.5 Å². The first kappa shape index (κ1) is 18.9. The van der Waals surface area contributed by atoms with E-state index in [2.05, 4.69) is 15.8 Å². The molecule has 1 aromatic heterocycles. The summed E-state index contributed by atoms with van der Waals surface area (Å²) in [7, 11) is 0. The Morgan fingerprint density at radius 2 is 1.75 bits per heavy atom. The molecule has 0 aliphatic carbocycles. The van der Waals surface area contributed by atoms with Crippen molar-refractivity contribution in [2.45, 2.75) is 0 Å². The van der Waals surface area contributed by atoms with E-state index in [9.17, 15) is 19.7 Å². The van der Waals surface area contributed by atoms with E-state index < -0.39 is 16.7 Å². The molecule has 2 aromatic carbocycles. The fourth-order valence-electron chi connectivity index (χ4n) is 2.29. The van der Waals surface area contributed by atoms with Crippen molar-refractivity contribution in [3.05, 3.63) is 92.2 Å². The molecule has 8 nitrogen and oxygen atoms in total. The maximum Gasteiger partial charge on any atom is 0.271 e. The topological polar surface area (TPSA) is 114 Å².